The minimum atomic E-state index is -0.503. The molecule has 2 amide bonds. The van der Waals surface area contributed by atoms with E-state index in [0.29, 0.717) is 18.1 Å². The first-order valence-corrected chi connectivity index (χ1v) is 9.07. The second kappa shape index (κ2) is 10.3. The van der Waals surface area contributed by atoms with Gasteiger partial charge in [-0.2, -0.15) is 0 Å². The van der Waals surface area contributed by atoms with E-state index in [1.165, 1.54) is 0 Å². The van der Waals surface area contributed by atoms with Gasteiger partial charge in [0.05, 0.1) is 0 Å². The highest BCUT2D eigenvalue weighted by atomic mass is 35.5. The fourth-order valence-electron chi connectivity index (χ4n) is 2.40. The minimum Gasteiger partial charge on any atom is -0.354 e. The third-order valence-corrected chi connectivity index (χ3v) is 4.22. The van der Waals surface area contributed by atoms with Gasteiger partial charge in [-0.3, -0.25) is 9.59 Å². The van der Waals surface area contributed by atoms with E-state index >= 15 is 0 Å². The van der Waals surface area contributed by atoms with Crippen molar-refractivity contribution in [1.29, 1.82) is 0 Å². The Labute approximate surface area is 150 Å². The summed E-state index contributed by atoms with van der Waals surface area (Å²) in [5, 5.41) is 3.59. The topological polar surface area (TPSA) is 49.4 Å². The second-order valence-electron chi connectivity index (χ2n) is 6.42. The van der Waals surface area contributed by atoms with Gasteiger partial charge in [-0.15, -0.1) is 0 Å². The summed E-state index contributed by atoms with van der Waals surface area (Å²) in [6.07, 6.45) is 3.16. The van der Waals surface area contributed by atoms with Crippen LogP contribution >= 0.6 is 11.6 Å². The number of carbonyl (C=O) groups excluding carboxylic acids is 2. The maximum Gasteiger partial charge on any atom is 0.242 e. The Morgan fingerprint density at radius 2 is 1.75 bits per heavy atom. The van der Waals surface area contributed by atoms with Crippen molar-refractivity contribution in [2.45, 2.75) is 59.5 Å². The second-order valence-corrected chi connectivity index (χ2v) is 6.86. The van der Waals surface area contributed by atoms with Crippen molar-refractivity contribution in [3.8, 4) is 0 Å². The molecule has 0 radical (unpaired) electrons. The predicted molar refractivity (Wildman–Crippen MR) is 98.8 cm³/mol. The number of rotatable bonds is 9. The Balaban J connectivity index is 2.78. The molecule has 1 aromatic rings. The number of nitrogens with one attached hydrogen (secondary N) is 1. The van der Waals surface area contributed by atoms with Crippen LogP contribution in [0.15, 0.2) is 24.3 Å². The number of halogens is 1. The van der Waals surface area contributed by atoms with Crippen molar-refractivity contribution in [2.75, 3.05) is 6.54 Å². The summed E-state index contributed by atoms with van der Waals surface area (Å²) in [4.78, 5) is 26.6. The SMILES string of the molecule is CCCCCNC(=O)[C@H](C)N(Cc1ccc(Cl)cc1)C(=O)C(C)C. The van der Waals surface area contributed by atoms with Crippen LogP contribution in [-0.2, 0) is 16.1 Å². The fraction of sp³-hybridized carbons (Fsp3) is 0.579. The highest BCUT2D eigenvalue weighted by molar-refractivity contribution is 6.30. The molecule has 0 heterocycles. The Kier molecular flexibility index (Phi) is 8.83. The van der Waals surface area contributed by atoms with Gasteiger partial charge in [0, 0.05) is 24.0 Å². The number of carbonyl (C=O) groups is 2. The zero-order valence-electron chi connectivity index (χ0n) is 15.1. The number of amides is 2. The largest absolute Gasteiger partial charge is 0.354 e. The van der Waals surface area contributed by atoms with Crippen LogP contribution in [0.3, 0.4) is 0 Å². The average molecular weight is 353 g/mol. The molecule has 1 aromatic carbocycles. The number of hydrogen-bond donors (Lipinski definition) is 1. The van der Waals surface area contributed by atoms with Crippen LogP contribution in [-0.4, -0.2) is 29.3 Å². The summed E-state index contributed by atoms with van der Waals surface area (Å²) >= 11 is 5.91. The van der Waals surface area contributed by atoms with Gasteiger partial charge in [-0.05, 0) is 31.0 Å². The Hall–Kier alpha value is -1.55. The molecule has 0 bridgehead atoms. The molecule has 0 aliphatic heterocycles. The normalized spacial score (nSPS) is 12.1. The van der Waals surface area contributed by atoms with Crippen LogP contribution in [0.1, 0.15) is 52.5 Å². The lowest BCUT2D eigenvalue weighted by Gasteiger charge is -2.30. The van der Waals surface area contributed by atoms with E-state index in [0.717, 1.165) is 24.8 Å². The smallest absolute Gasteiger partial charge is 0.242 e. The molecule has 0 unspecified atom stereocenters. The van der Waals surface area contributed by atoms with Crippen LogP contribution < -0.4 is 5.32 Å². The fourth-order valence-corrected chi connectivity index (χ4v) is 2.53. The quantitative estimate of drug-likeness (QED) is 0.682. The lowest BCUT2D eigenvalue weighted by atomic mass is 10.1. The average Bonchev–Trinajstić information content (AvgIpc) is 2.56. The van der Waals surface area contributed by atoms with Crippen molar-refractivity contribution >= 4 is 23.4 Å². The maximum atomic E-state index is 12.6. The summed E-state index contributed by atoms with van der Waals surface area (Å²) in [5.41, 5.74) is 0.957. The summed E-state index contributed by atoms with van der Waals surface area (Å²) < 4.78 is 0. The number of benzene rings is 1. The van der Waals surface area contributed by atoms with Crippen LogP contribution in [0.2, 0.25) is 5.02 Å². The van der Waals surface area contributed by atoms with Crippen LogP contribution in [0.25, 0.3) is 0 Å². The van der Waals surface area contributed by atoms with Crippen molar-refractivity contribution < 1.29 is 9.59 Å². The molecule has 0 saturated carbocycles. The molecule has 1 N–H and O–H groups in total. The summed E-state index contributed by atoms with van der Waals surface area (Å²) in [5.74, 6) is -0.289. The van der Waals surface area contributed by atoms with E-state index in [9.17, 15) is 9.59 Å². The maximum absolute atomic E-state index is 12.6. The van der Waals surface area contributed by atoms with Gasteiger partial charge in [0.2, 0.25) is 11.8 Å². The molecule has 1 rings (SSSR count). The zero-order chi connectivity index (χ0) is 18.1. The minimum absolute atomic E-state index is 0.0267. The van der Waals surface area contributed by atoms with Crippen LogP contribution in [0, 0.1) is 5.92 Å². The first kappa shape index (κ1) is 20.5. The van der Waals surface area contributed by atoms with E-state index < -0.39 is 6.04 Å². The van der Waals surface area contributed by atoms with Crippen molar-refractivity contribution in [1.82, 2.24) is 10.2 Å². The Morgan fingerprint density at radius 1 is 1.12 bits per heavy atom. The zero-order valence-corrected chi connectivity index (χ0v) is 15.9. The van der Waals surface area contributed by atoms with Crippen molar-refractivity contribution in [2.24, 2.45) is 5.92 Å². The van der Waals surface area contributed by atoms with Gasteiger partial charge in [0.25, 0.3) is 0 Å². The van der Waals surface area contributed by atoms with Gasteiger partial charge >= 0.3 is 0 Å². The molecule has 0 spiro atoms. The lowest BCUT2D eigenvalue weighted by Crippen LogP contribution is -2.49. The molecule has 4 nitrogen and oxygen atoms in total. The van der Waals surface area contributed by atoms with Gasteiger partial charge in [-0.1, -0.05) is 57.3 Å². The summed E-state index contributed by atoms with van der Waals surface area (Å²) in [7, 11) is 0. The number of unbranched alkanes of at least 4 members (excludes halogenated alkanes) is 2. The lowest BCUT2D eigenvalue weighted by molar-refractivity contribution is -0.143. The third-order valence-electron chi connectivity index (χ3n) is 3.97. The molecule has 0 saturated heterocycles. The molecular weight excluding hydrogens is 324 g/mol. The van der Waals surface area contributed by atoms with Gasteiger partial charge < -0.3 is 10.2 Å². The standard InChI is InChI=1S/C19H29ClN2O2/c1-5-6-7-12-21-18(23)15(4)22(19(24)14(2)3)13-16-8-10-17(20)11-9-16/h8-11,14-15H,5-7,12-13H2,1-4H3,(H,21,23)/t15-/m0/s1. The molecule has 0 aliphatic rings. The molecule has 24 heavy (non-hydrogen) atoms. The van der Waals surface area contributed by atoms with E-state index in [4.69, 9.17) is 11.6 Å². The highest BCUT2D eigenvalue weighted by Crippen LogP contribution is 2.15. The Morgan fingerprint density at radius 3 is 2.29 bits per heavy atom. The van der Waals surface area contributed by atoms with Gasteiger partial charge in [0.15, 0.2) is 0 Å². The molecule has 0 aromatic heterocycles. The molecule has 134 valence electrons. The predicted octanol–water partition coefficient (Wildman–Crippen LogP) is 4.02. The van der Waals surface area contributed by atoms with Crippen molar-refractivity contribution in [3.05, 3.63) is 34.9 Å². The van der Waals surface area contributed by atoms with E-state index in [1.54, 1.807) is 24.0 Å². The Bertz CT molecular complexity index is 529. The molecular formula is C19H29ClN2O2. The van der Waals surface area contributed by atoms with E-state index in [1.807, 2.05) is 26.0 Å². The van der Waals surface area contributed by atoms with Crippen LogP contribution in [0.4, 0.5) is 0 Å². The molecule has 1 atom stereocenters. The van der Waals surface area contributed by atoms with E-state index in [-0.39, 0.29) is 17.7 Å². The molecule has 0 fully saturated rings. The molecule has 5 heteroatoms. The summed E-state index contributed by atoms with van der Waals surface area (Å²) in [6.45, 7) is 8.66. The summed E-state index contributed by atoms with van der Waals surface area (Å²) in [6, 6.07) is 6.86. The van der Waals surface area contributed by atoms with Crippen molar-refractivity contribution in [3.63, 3.8) is 0 Å². The van der Waals surface area contributed by atoms with Gasteiger partial charge in [0.1, 0.15) is 6.04 Å². The highest BCUT2D eigenvalue weighted by Gasteiger charge is 2.27. The van der Waals surface area contributed by atoms with Crippen LogP contribution in [0.5, 0.6) is 0 Å². The first-order valence-electron chi connectivity index (χ1n) is 8.69. The number of nitrogens with zero attached hydrogens (tertiary/aromatic N) is 1. The number of hydrogen-bond acceptors (Lipinski definition) is 2. The van der Waals surface area contributed by atoms with E-state index in [2.05, 4.69) is 12.2 Å². The third kappa shape index (κ3) is 6.52. The molecule has 0 aliphatic carbocycles. The monoisotopic (exact) mass is 352 g/mol. The van der Waals surface area contributed by atoms with Gasteiger partial charge in [-0.25, -0.2) is 0 Å². The first-order chi connectivity index (χ1) is 11.4.